The second kappa shape index (κ2) is 17.6. The first-order chi connectivity index (χ1) is 20.3. The molecule has 3 N–H and O–H groups in total. The molecule has 0 aromatic heterocycles. The van der Waals surface area contributed by atoms with E-state index in [1.807, 2.05) is 28.7 Å². The maximum atomic E-state index is 13.7. The van der Waals surface area contributed by atoms with Crippen LogP contribution in [0.1, 0.15) is 42.5 Å². The van der Waals surface area contributed by atoms with E-state index in [-0.39, 0.29) is 25.5 Å². The summed E-state index contributed by atoms with van der Waals surface area (Å²) in [6, 6.07) is 2.44. The number of rotatable bonds is 16. The highest BCUT2D eigenvalue weighted by atomic mass is 127. The Hall–Kier alpha value is -2.52. The summed E-state index contributed by atoms with van der Waals surface area (Å²) in [5.41, 5.74) is 0.750. The monoisotopic (exact) mass is 699 g/mol. The minimum atomic E-state index is -1.16. The zero-order chi connectivity index (χ0) is 30.5. The van der Waals surface area contributed by atoms with Crippen LogP contribution in [0.25, 0.3) is 0 Å². The molecule has 1 aliphatic heterocycles. The van der Waals surface area contributed by atoms with Gasteiger partial charge in [0.25, 0.3) is 0 Å². The predicted molar refractivity (Wildman–Crippen MR) is 166 cm³/mol. The lowest BCUT2D eigenvalue weighted by atomic mass is 9.87. The van der Waals surface area contributed by atoms with Crippen LogP contribution < -0.4 is 14.8 Å². The van der Waals surface area contributed by atoms with Crippen molar-refractivity contribution in [2.45, 2.75) is 50.4 Å². The lowest BCUT2D eigenvalue weighted by molar-refractivity contribution is -0.139. The Balaban J connectivity index is 1.94. The molecule has 0 saturated carbocycles. The third-order valence-corrected chi connectivity index (χ3v) is 8.19. The van der Waals surface area contributed by atoms with E-state index in [9.17, 15) is 24.6 Å². The zero-order valence-electron chi connectivity index (χ0n) is 24.1. The molecule has 0 spiro atoms. The number of nitrogens with zero attached hydrogens (tertiary/aromatic N) is 2. The van der Waals surface area contributed by atoms with Gasteiger partial charge in [-0.25, -0.2) is 0 Å². The summed E-state index contributed by atoms with van der Waals surface area (Å²) >= 11 is 2.03. The molecule has 42 heavy (non-hydrogen) atoms. The van der Waals surface area contributed by atoms with Crippen molar-refractivity contribution in [3.8, 4) is 11.5 Å². The zero-order valence-corrected chi connectivity index (χ0v) is 26.3. The maximum Gasteiger partial charge on any atom is 0.247 e. The first-order valence-electron chi connectivity index (χ1n) is 14.3. The second-order valence-electron chi connectivity index (χ2n) is 10.2. The number of halogens is 1. The quantitative estimate of drug-likeness (QED) is 0.102. The molecule has 12 heteroatoms. The number of methoxy groups -OCH3 is 1. The summed E-state index contributed by atoms with van der Waals surface area (Å²) in [4.78, 5) is 42.1. The molecule has 1 aliphatic carbocycles. The summed E-state index contributed by atoms with van der Waals surface area (Å²) in [7, 11) is 1.45. The Morgan fingerprint density at radius 1 is 1.29 bits per heavy atom. The van der Waals surface area contributed by atoms with Gasteiger partial charge in [-0.2, -0.15) is 0 Å². The number of benzene rings is 1. The number of carbonyl (C=O) groups excluding carboxylic acids is 3. The van der Waals surface area contributed by atoms with E-state index in [4.69, 9.17) is 14.2 Å². The molecule has 232 valence electrons. The van der Waals surface area contributed by atoms with Gasteiger partial charge in [0.2, 0.25) is 11.8 Å². The molecule has 1 saturated heterocycles. The van der Waals surface area contributed by atoms with Crippen LogP contribution >= 0.6 is 22.6 Å². The number of morpholine rings is 1. The molecule has 11 nitrogen and oxygen atoms in total. The number of allylic oxidation sites excluding steroid dienone is 1. The minimum Gasteiger partial charge on any atom is -0.493 e. The van der Waals surface area contributed by atoms with Crippen LogP contribution in [0.15, 0.2) is 36.4 Å². The lowest BCUT2D eigenvalue weighted by Crippen LogP contribution is -2.56. The first kappa shape index (κ1) is 34.0. The molecule has 1 fully saturated rings. The summed E-state index contributed by atoms with van der Waals surface area (Å²) in [5, 5.41) is 23.6. The molecule has 1 aromatic rings. The van der Waals surface area contributed by atoms with E-state index < -0.39 is 24.2 Å². The fourth-order valence-corrected chi connectivity index (χ4v) is 5.85. The Labute approximate surface area is 261 Å². The molecular formula is C30H42IN3O8. The highest BCUT2D eigenvalue weighted by molar-refractivity contribution is 14.1. The molecule has 1 aromatic carbocycles. The average Bonchev–Trinajstić information content (AvgIpc) is 3.00. The molecular weight excluding hydrogens is 657 g/mol. The van der Waals surface area contributed by atoms with Crippen LogP contribution in [-0.2, 0) is 14.3 Å². The SMILES string of the molecule is C=CCCCCC(=O)N(CCN1CCOCC1)C1CC(C(=O)NCCO)=CC(Oc2c(I)cc(C=O)cc2OC)C1O. The number of carbonyl (C=O) groups is 3. The number of aldehydes is 1. The number of unbranched alkanes of at least 4 members (excludes halogenated alkanes) is 2. The highest BCUT2D eigenvalue weighted by Gasteiger charge is 2.41. The van der Waals surface area contributed by atoms with Gasteiger partial charge < -0.3 is 34.6 Å². The topological polar surface area (TPSA) is 138 Å². The van der Waals surface area contributed by atoms with Crippen molar-refractivity contribution in [1.29, 1.82) is 0 Å². The summed E-state index contributed by atoms with van der Waals surface area (Å²) in [5.74, 6) is 0.115. The van der Waals surface area contributed by atoms with Crippen LogP contribution in [0.5, 0.6) is 11.5 Å². The Morgan fingerprint density at radius 2 is 2.05 bits per heavy atom. The number of hydrogen-bond donors (Lipinski definition) is 3. The van der Waals surface area contributed by atoms with Crippen molar-refractivity contribution in [3.05, 3.63) is 45.6 Å². The first-order valence-corrected chi connectivity index (χ1v) is 15.4. The molecule has 2 aliphatic rings. The number of aliphatic hydroxyl groups excluding tert-OH is 2. The van der Waals surface area contributed by atoms with Crippen molar-refractivity contribution in [1.82, 2.24) is 15.1 Å². The van der Waals surface area contributed by atoms with Gasteiger partial charge in [0.1, 0.15) is 18.5 Å². The predicted octanol–water partition coefficient (Wildman–Crippen LogP) is 1.94. The minimum absolute atomic E-state index is 0.0662. The number of ether oxygens (including phenoxy) is 3. The molecule has 3 atom stereocenters. The van der Waals surface area contributed by atoms with Gasteiger partial charge in [-0.05, 0) is 60.1 Å². The van der Waals surface area contributed by atoms with Crippen LogP contribution in [0, 0.1) is 3.57 Å². The van der Waals surface area contributed by atoms with Crippen LogP contribution in [0.3, 0.4) is 0 Å². The second-order valence-corrected chi connectivity index (χ2v) is 11.4. The summed E-state index contributed by atoms with van der Waals surface area (Å²) < 4.78 is 17.8. The average molecular weight is 700 g/mol. The van der Waals surface area contributed by atoms with Gasteiger partial charge >= 0.3 is 0 Å². The van der Waals surface area contributed by atoms with Gasteiger partial charge in [-0.3, -0.25) is 19.3 Å². The largest absolute Gasteiger partial charge is 0.493 e. The lowest BCUT2D eigenvalue weighted by Gasteiger charge is -2.41. The van der Waals surface area contributed by atoms with E-state index in [1.54, 1.807) is 17.0 Å². The Bertz CT molecular complexity index is 1110. The molecule has 1 heterocycles. The number of aliphatic hydroxyl groups is 2. The summed E-state index contributed by atoms with van der Waals surface area (Å²) in [6.45, 7) is 7.32. The summed E-state index contributed by atoms with van der Waals surface area (Å²) in [6.07, 6.45) is 4.68. The van der Waals surface area contributed by atoms with Crippen molar-refractivity contribution >= 4 is 40.7 Å². The van der Waals surface area contributed by atoms with Crippen molar-refractivity contribution in [2.75, 3.05) is 59.7 Å². The van der Waals surface area contributed by atoms with Gasteiger partial charge in [-0.15, -0.1) is 6.58 Å². The number of amides is 2. The van der Waals surface area contributed by atoms with Gasteiger partial charge in [-0.1, -0.05) is 6.08 Å². The van der Waals surface area contributed by atoms with E-state index in [0.717, 1.165) is 25.9 Å². The molecule has 0 bridgehead atoms. The molecule has 3 rings (SSSR count). The standard InChI is InChI=1S/C30H42IN3O8/c1-3-4-5-6-7-27(37)34(10-9-33-11-14-41-15-12-33)24-18-22(30(39)32-8-13-35)19-25(28(24)38)42-29-23(31)16-21(20-36)17-26(29)40-2/h3,16-17,19-20,24-25,28,35,38H,1,4-15,18H2,2H3,(H,32,39). The van der Waals surface area contributed by atoms with Crippen molar-refractivity contribution in [2.24, 2.45) is 0 Å². The van der Waals surface area contributed by atoms with E-state index >= 15 is 0 Å². The third-order valence-electron chi connectivity index (χ3n) is 7.39. The van der Waals surface area contributed by atoms with Gasteiger partial charge in [0.15, 0.2) is 11.5 Å². The normalized spacial score (nSPS) is 20.8. The molecule has 3 unspecified atom stereocenters. The number of nitrogens with one attached hydrogen (secondary N) is 1. The number of hydrogen-bond acceptors (Lipinski definition) is 9. The fraction of sp³-hybridized carbons (Fsp3) is 0.567. The smallest absolute Gasteiger partial charge is 0.247 e. The van der Waals surface area contributed by atoms with Crippen molar-refractivity contribution < 1.29 is 38.8 Å². The van der Waals surface area contributed by atoms with Gasteiger partial charge in [0, 0.05) is 56.7 Å². The van der Waals surface area contributed by atoms with E-state index in [0.29, 0.717) is 71.6 Å². The Kier molecular flexibility index (Phi) is 14.2. The maximum absolute atomic E-state index is 13.7. The molecule has 2 amide bonds. The fourth-order valence-electron chi connectivity index (χ4n) is 5.10. The van der Waals surface area contributed by atoms with Gasteiger partial charge in [0.05, 0.1) is 36.5 Å². The van der Waals surface area contributed by atoms with Crippen LogP contribution in [-0.4, -0.2) is 116 Å². The van der Waals surface area contributed by atoms with Crippen LogP contribution in [0.2, 0.25) is 0 Å². The Morgan fingerprint density at radius 3 is 2.71 bits per heavy atom. The van der Waals surface area contributed by atoms with E-state index in [2.05, 4.69) is 16.8 Å². The third kappa shape index (κ3) is 9.49. The molecule has 0 radical (unpaired) electrons. The van der Waals surface area contributed by atoms with Crippen molar-refractivity contribution in [3.63, 3.8) is 0 Å². The highest BCUT2D eigenvalue weighted by Crippen LogP contribution is 2.37. The van der Waals surface area contributed by atoms with Crippen LogP contribution in [0.4, 0.5) is 0 Å². The van der Waals surface area contributed by atoms with E-state index in [1.165, 1.54) is 13.2 Å².